The Morgan fingerprint density at radius 2 is 1.94 bits per heavy atom. The average Bonchev–Trinajstić information content (AvgIpc) is 2.34. The second-order valence-electron chi connectivity index (χ2n) is 5.03. The maximum atomic E-state index is 14.3. The summed E-state index contributed by atoms with van der Waals surface area (Å²) in [7, 11) is 0. The summed E-state index contributed by atoms with van der Waals surface area (Å²) in [6.45, 7) is 1.67. The minimum absolute atomic E-state index is 0.335. The largest absolute Gasteiger partial charge is 0.481 e. The Kier molecular flexibility index (Phi) is 3.76. The first-order chi connectivity index (χ1) is 8.47. The highest BCUT2D eigenvalue weighted by Crippen LogP contribution is 2.42. The lowest BCUT2D eigenvalue weighted by Gasteiger charge is -2.34. The Balaban J connectivity index is 2.59. The molecule has 18 heavy (non-hydrogen) atoms. The molecule has 98 valence electrons. The summed E-state index contributed by atoms with van der Waals surface area (Å²) in [5.74, 6) is -1.28. The molecule has 0 aliphatic heterocycles. The van der Waals surface area contributed by atoms with Crippen LogP contribution in [0.1, 0.15) is 43.2 Å². The molecule has 0 spiro atoms. The Labute approximate surface area is 114 Å². The second-order valence-corrected chi connectivity index (χ2v) is 5.95. The van der Waals surface area contributed by atoms with Crippen LogP contribution in [-0.2, 0) is 10.2 Å². The van der Waals surface area contributed by atoms with Crippen molar-refractivity contribution < 1.29 is 14.3 Å². The van der Waals surface area contributed by atoms with Gasteiger partial charge in [-0.1, -0.05) is 35.2 Å². The van der Waals surface area contributed by atoms with Gasteiger partial charge in [0, 0.05) is 10.0 Å². The van der Waals surface area contributed by atoms with Crippen LogP contribution in [0.4, 0.5) is 4.39 Å². The maximum absolute atomic E-state index is 14.3. The molecule has 1 aliphatic rings. The number of carbonyl (C=O) groups is 1. The number of carboxylic acid groups (broad SMARTS) is 1. The lowest BCUT2D eigenvalue weighted by Crippen LogP contribution is -2.38. The van der Waals surface area contributed by atoms with Crippen molar-refractivity contribution in [3.05, 3.63) is 33.5 Å². The zero-order valence-electron chi connectivity index (χ0n) is 10.3. The van der Waals surface area contributed by atoms with Gasteiger partial charge >= 0.3 is 5.97 Å². The van der Waals surface area contributed by atoms with Crippen LogP contribution in [0.15, 0.2) is 16.6 Å². The van der Waals surface area contributed by atoms with Gasteiger partial charge in [-0.15, -0.1) is 0 Å². The summed E-state index contributed by atoms with van der Waals surface area (Å²) in [4.78, 5) is 11.7. The highest BCUT2D eigenvalue weighted by molar-refractivity contribution is 9.10. The van der Waals surface area contributed by atoms with Crippen molar-refractivity contribution in [1.82, 2.24) is 0 Å². The molecule has 0 aromatic heterocycles. The van der Waals surface area contributed by atoms with Crippen molar-refractivity contribution in [2.45, 2.75) is 44.4 Å². The first-order valence-corrected chi connectivity index (χ1v) is 6.96. The number of hydrogen-bond donors (Lipinski definition) is 1. The van der Waals surface area contributed by atoms with Crippen LogP contribution in [0, 0.1) is 12.7 Å². The van der Waals surface area contributed by atoms with E-state index >= 15 is 0 Å². The monoisotopic (exact) mass is 314 g/mol. The van der Waals surface area contributed by atoms with Gasteiger partial charge in [-0.2, -0.15) is 0 Å². The minimum atomic E-state index is -1.04. The summed E-state index contributed by atoms with van der Waals surface area (Å²) >= 11 is 3.33. The Bertz CT molecular complexity index is 479. The van der Waals surface area contributed by atoms with Crippen LogP contribution in [-0.4, -0.2) is 11.1 Å². The first kappa shape index (κ1) is 13.5. The summed E-state index contributed by atoms with van der Waals surface area (Å²) in [6, 6.07) is 3.30. The van der Waals surface area contributed by atoms with E-state index in [9.17, 15) is 14.3 Å². The quantitative estimate of drug-likeness (QED) is 0.889. The fourth-order valence-corrected chi connectivity index (χ4v) is 3.40. The van der Waals surface area contributed by atoms with Crippen molar-refractivity contribution in [2.75, 3.05) is 0 Å². The molecule has 2 rings (SSSR count). The normalized spacial score (nSPS) is 18.6. The van der Waals surface area contributed by atoms with Gasteiger partial charge < -0.3 is 5.11 Å². The molecule has 1 N–H and O–H groups in total. The van der Waals surface area contributed by atoms with Crippen LogP contribution < -0.4 is 0 Å². The highest BCUT2D eigenvalue weighted by Gasteiger charge is 2.43. The number of rotatable bonds is 2. The van der Waals surface area contributed by atoms with Crippen LogP contribution in [0.25, 0.3) is 0 Å². The lowest BCUT2D eigenvalue weighted by atomic mass is 9.69. The Hall–Kier alpha value is -0.900. The van der Waals surface area contributed by atoms with Crippen molar-refractivity contribution in [3.63, 3.8) is 0 Å². The fourth-order valence-electron chi connectivity index (χ4n) is 2.83. The molecule has 0 bridgehead atoms. The van der Waals surface area contributed by atoms with Gasteiger partial charge in [-0.05, 0) is 37.5 Å². The third-order valence-corrected chi connectivity index (χ3v) is 4.31. The van der Waals surface area contributed by atoms with Gasteiger partial charge in [-0.25, -0.2) is 4.39 Å². The van der Waals surface area contributed by atoms with Gasteiger partial charge in [0.2, 0.25) is 0 Å². The standard InChI is InChI=1S/C14H16BrFO2/c1-9-7-10(15)8-11(12(9)16)14(13(17)18)5-3-2-4-6-14/h7-8H,2-6H2,1H3,(H,17,18). The van der Waals surface area contributed by atoms with Crippen LogP contribution in [0.3, 0.4) is 0 Å². The molecule has 4 heteroatoms. The third-order valence-electron chi connectivity index (χ3n) is 3.85. The summed E-state index contributed by atoms with van der Waals surface area (Å²) in [5.41, 5.74) is -0.219. The zero-order chi connectivity index (χ0) is 13.3. The Morgan fingerprint density at radius 3 is 2.50 bits per heavy atom. The van der Waals surface area contributed by atoms with Gasteiger partial charge in [-0.3, -0.25) is 4.79 Å². The van der Waals surface area contributed by atoms with E-state index in [1.54, 1.807) is 19.1 Å². The zero-order valence-corrected chi connectivity index (χ0v) is 11.9. The fraction of sp³-hybridized carbons (Fsp3) is 0.500. The third kappa shape index (κ3) is 2.18. The van der Waals surface area contributed by atoms with Crippen molar-refractivity contribution in [3.8, 4) is 0 Å². The van der Waals surface area contributed by atoms with E-state index in [4.69, 9.17) is 0 Å². The minimum Gasteiger partial charge on any atom is -0.481 e. The van der Waals surface area contributed by atoms with E-state index in [1.165, 1.54) is 0 Å². The number of aryl methyl sites for hydroxylation is 1. The van der Waals surface area contributed by atoms with E-state index in [0.717, 1.165) is 23.7 Å². The van der Waals surface area contributed by atoms with Crippen molar-refractivity contribution in [2.24, 2.45) is 0 Å². The Morgan fingerprint density at radius 1 is 1.33 bits per heavy atom. The number of aliphatic carboxylic acids is 1. The van der Waals surface area contributed by atoms with E-state index in [-0.39, 0.29) is 5.82 Å². The van der Waals surface area contributed by atoms with E-state index in [1.807, 2.05) is 0 Å². The molecule has 0 unspecified atom stereocenters. The molecule has 0 heterocycles. The SMILES string of the molecule is Cc1cc(Br)cc(C2(C(=O)O)CCCCC2)c1F. The number of benzene rings is 1. The van der Waals surface area contributed by atoms with Crippen LogP contribution in [0.5, 0.6) is 0 Å². The summed E-state index contributed by atoms with van der Waals surface area (Å²) in [6.07, 6.45) is 3.77. The lowest BCUT2D eigenvalue weighted by molar-refractivity contribution is -0.145. The van der Waals surface area contributed by atoms with Crippen LogP contribution in [0.2, 0.25) is 0 Å². The van der Waals surface area contributed by atoms with Gasteiger partial charge in [0.1, 0.15) is 5.82 Å². The second kappa shape index (κ2) is 5.00. The molecule has 1 aromatic carbocycles. The highest BCUT2D eigenvalue weighted by atomic mass is 79.9. The summed E-state index contributed by atoms with van der Waals surface area (Å²) < 4.78 is 15.0. The van der Waals surface area contributed by atoms with E-state index in [0.29, 0.717) is 24.0 Å². The molecular weight excluding hydrogens is 299 g/mol. The molecule has 0 atom stereocenters. The molecule has 1 aliphatic carbocycles. The van der Waals surface area contributed by atoms with E-state index < -0.39 is 11.4 Å². The van der Waals surface area contributed by atoms with Crippen LogP contribution >= 0.6 is 15.9 Å². The van der Waals surface area contributed by atoms with Gasteiger partial charge in [0.05, 0.1) is 5.41 Å². The molecule has 1 aromatic rings. The van der Waals surface area contributed by atoms with Gasteiger partial charge in [0.25, 0.3) is 0 Å². The van der Waals surface area contributed by atoms with Gasteiger partial charge in [0.15, 0.2) is 0 Å². The summed E-state index contributed by atoms with van der Waals surface area (Å²) in [5, 5.41) is 9.57. The molecular formula is C14H16BrFO2. The van der Waals surface area contributed by atoms with Crippen molar-refractivity contribution in [1.29, 1.82) is 0 Å². The molecule has 0 amide bonds. The number of carboxylic acids is 1. The topological polar surface area (TPSA) is 37.3 Å². The average molecular weight is 315 g/mol. The molecule has 1 saturated carbocycles. The van der Waals surface area contributed by atoms with E-state index in [2.05, 4.69) is 15.9 Å². The molecule has 0 saturated heterocycles. The molecule has 1 fully saturated rings. The molecule has 0 radical (unpaired) electrons. The first-order valence-electron chi connectivity index (χ1n) is 6.17. The smallest absolute Gasteiger partial charge is 0.314 e. The predicted octanol–water partition coefficient (Wildman–Crippen LogP) is 4.18. The predicted molar refractivity (Wildman–Crippen MR) is 71.2 cm³/mol. The van der Waals surface area contributed by atoms with Crippen molar-refractivity contribution >= 4 is 21.9 Å². The maximum Gasteiger partial charge on any atom is 0.314 e. The number of hydrogen-bond acceptors (Lipinski definition) is 1. The number of halogens is 2. The molecule has 2 nitrogen and oxygen atoms in total.